The summed E-state index contributed by atoms with van der Waals surface area (Å²) in [5, 5.41) is 9.88. The SMILES string of the molecule is C[C@H]1CN(C(=O)O)c2cc(-c3ccc(N4CCCS4(=O)=O)cc3)ccc2N1C(=O)Cc1ccc(F)cc1. The highest BCUT2D eigenvalue weighted by Crippen LogP contribution is 2.39. The van der Waals surface area contributed by atoms with Crippen LogP contribution in [-0.4, -0.2) is 50.4 Å². The molecule has 8 nitrogen and oxygen atoms in total. The number of hydrogen-bond acceptors (Lipinski definition) is 4. The monoisotopic (exact) mass is 523 g/mol. The van der Waals surface area contributed by atoms with E-state index in [0.29, 0.717) is 35.6 Å². The van der Waals surface area contributed by atoms with Crippen LogP contribution < -0.4 is 14.1 Å². The number of amides is 2. The Balaban J connectivity index is 1.47. The second-order valence-corrected chi connectivity index (χ2v) is 11.3. The second-order valence-electron chi connectivity index (χ2n) is 9.30. The molecule has 0 radical (unpaired) electrons. The zero-order valence-corrected chi connectivity index (χ0v) is 21.0. The lowest BCUT2D eigenvalue weighted by Gasteiger charge is -2.40. The van der Waals surface area contributed by atoms with Gasteiger partial charge >= 0.3 is 6.09 Å². The van der Waals surface area contributed by atoms with Gasteiger partial charge in [-0.25, -0.2) is 17.6 Å². The summed E-state index contributed by atoms with van der Waals surface area (Å²) in [4.78, 5) is 28.2. The van der Waals surface area contributed by atoms with E-state index in [2.05, 4.69) is 0 Å². The van der Waals surface area contributed by atoms with E-state index in [0.717, 1.165) is 11.1 Å². The molecule has 2 amide bonds. The summed E-state index contributed by atoms with van der Waals surface area (Å²) >= 11 is 0. The van der Waals surface area contributed by atoms with Crippen LogP contribution in [0.15, 0.2) is 66.7 Å². The average molecular weight is 524 g/mol. The molecule has 3 aromatic carbocycles. The van der Waals surface area contributed by atoms with Crippen molar-refractivity contribution >= 4 is 39.1 Å². The molecule has 1 N–H and O–H groups in total. The third-order valence-corrected chi connectivity index (χ3v) is 8.64. The lowest BCUT2D eigenvalue weighted by atomic mass is 10.00. The van der Waals surface area contributed by atoms with Crippen molar-refractivity contribution in [2.75, 3.05) is 32.9 Å². The molecule has 0 saturated carbocycles. The van der Waals surface area contributed by atoms with Crippen molar-refractivity contribution in [2.45, 2.75) is 25.8 Å². The van der Waals surface area contributed by atoms with Crippen LogP contribution >= 0.6 is 0 Å². The molecule has 192 valence electrons. The Labute approximate surface area is 214 Å². The molecular formula is C27H26FN3O5S. The van der Waals surface area contributed by atoms with Crippen LogP contribution in [-0.2, 0) is 21.2 Å². The second kappa shape index (κ2) is 9.51. The van der Waals surface area contributed by atoms with Crippen LogP contribution in [0.1, 0.15) is 18.9 Å². The van der Waals surface area contributed by atoms with Gasteiger partial charge in [0.1, 0.15) is 5.82 Å². The number of carboxylic acid groups (broad SMARTS) is 1. The fourth-order valence-corrected chi connectivity index (χ4v) is 6.54. The van der Waals surface area contributed by atoms with Crippen LogP contribution in [0.5, 0.6) is 0 Å². The Morgan fingerprint density at radius 1 is 0.973 bits per heavy atom. The summed E-state index contributed by atoms with van der Waals surface area (Å²) in [6.45, 7) is 2.35. The topological polar surface area (TPSA) is 98.2 Å². The van der Waals surface area contributed by atoms with Gasteiger partial charge < -0.3 is 10.0 Å². The number of halogens is 1. The van der Waals surface area contributed by atoms with E-state index in [9.17, 15) is 27.5 Å². The first-order valence-corrected chi connectivity index (χ1v) is 13.6. The zero-order chi connectivity index (χ0) is 26.3. The average Bonchev–Trinajstić information content (AvgIpc) is 3.23. The molecule has 0 unspecified atom stereocenters. The van der Waals surface area contributed by atoms with Crippen LogP contribution in [0, 0.1) is 5.82 Å². The minimum Gasteiger partial charge on any atom is -0.465 e. The van der Waals surface area contributed by atoms with Crippen LogP contribution in [0.3, 0.4) is 0 Å². The van der Waals surface area contributed by atoms with Crippen LogP contribution in [0.4, 0.5) is 26.2 Å². The summed E-state index contributed by atoms with van der Waals surface area (Å²) in [5.41, 5.74) is 3.66. The van der Waals surface area contributed by atoms with Gasteiger partial charge in [-0.05, 0) is 66.4 Å². The number of benzene rings is 3. The molecule has 1 saturated heterocycles. The standard InChI is InChI=1S/C27H26FN3O5S/c1-18-17-29(27(33)34)25-16-21(20-5-10-23(11-6-20)30-13-2-14-37(30,35)36)7-12-24(25)31(18)26(32)15-19-3-8-22(28)9-4-19/h3-12,16,18H,2,13-15,17H2,1H3,(H,33,34)/t18-/m0/s1. The first-order chi connectivity index (χ1) is 17.6. The van der Waals surface area contributed by atoms with Crippen molar-refractivity contribution in [3.05, 3.63) is 78.1 Å². The maximum atomic E-state index is 13.3. The Morgan fingerprint density at radius 3 is 2.27 bits per heavy atom. The van der Waals surface area contributed by atoms with E-state index in [4.69, 9.17) is 0 Å². The zero-order valence-electron chi connectivity index (χ0n) is 20.2. The van der Waals surface area contributed by atoms with Crippen molar-refractivity contribution in [1.82, 2.24) is 0 Å². The summed E-state index contributed by atoms with van der Waals surface area (Å²) in [7, 11) is -3.29. The predicted octanol–water partition coefficient (Wildman–Crippen LogP) is 4.49. The summed E-state index contributed by atoms with van der Waals surface area (Å²) < 4.78 is 39.2. The maximum absolute atomic E-state index is 13.3. The van der Waals surface area contributed by atoms with Gasteiger partial charge in [0.25, 0.3) is 0 Å². The normalized spacial score (nSPS) is 18.5. The van der Waals surface area contributed by atoms with Gasteiger partial charge in [0, 0.05) is 13.1 Å². The molecule has 2 aliphatic rings. The highest BCUT2D eigenvalue weighted by Gasteiger charge is 2.35. The number of anilines is 3. The summed E-state index contributed by atoms with van der Waals surface area (Å²) in [6, 6.07) is 17.7. The molecule has 10 heteroatoms. The number of sulfonamides is 1. The Bertz CT molecular complexity index is 1460. The number of hydrogen-bond donors (Lipinski definition) is 1. The van der Waals surface area contributed by atoms with Crippen LogP contribution in [0.2, 0.25) is 0 Å². The Morgan fingerprint density at radius 2 is 1.65 bits per heavy atom. The molecule has 3 aromatic rings. The summed E-state index contributed by atoms with van der Waals surface area (Å²) in [5.74, 6) is -0.457. The third kappa shape index (κ3) is 4.76. The molecule has 2 heterocycles. The van der Waals surface area contributed by atoms with Crippen LogP contribution in [0.25, 0.3) is 11.1 Å². The maximum Gasteiger partial charge on any atom is 0.411 e. The molecule has 0 aromatic heterocycles. The lowest BCUT2D eigenvalue weighted by molar-refractivity contribution is -0.118. The van der Waals surface area contributed by atoms with E-state index >= 15 is 0 Å². The molecule has 1 atom stereocenters. The van der Waals surface area contributed by atoms with E-state index in [1.54, 1.807) is 60.4 Å². The number of rotatable bonds is 4. The van der Waals surface area contributed by atoms with Gasteiger partial charge in [-0.15, -0.1) is 0 Å². The fraction of sp³-hybridized carbons (Fsp3) is 0.259. The predicted molar refractivity (Wildman–Crippen MR) is 140 cm³/mol. The quantitative estimate of drug-likeness (QED) is 0.543. The van der Waals surface area contributed by atoms with Crippen molar-refractivity contribution in [2.24, 2.45) is 0 Å². The molecule has 2 aliphatic heterocycles. The van der Waals surface area contributed by atoms with Gasteiger partial charge in [-0.1, -0.05) is 30.3 Å². The lowest BCUT2D eigenvalue weighted by Crippen LogP contribution is -2.52. The van der Waals surface area contributed by atoms with E-state index in [-0.39, 0.29) is 30.4 Å². The smallest absolute Gasteiger partial charge is 0.411 e. The highest BCUT2D eigenvalue weighted by molar-refractivity contribution is 7.93. The molecule has 1 fully saturated rings. The van der Waals surface area contributed by atoms with Gasteiger partial charge in [0.2, 0.25) is 15.9 Å². The number of carbonyl (C=O) groups is 2. The Hall–Kier alpha value is -3.92. The van der Waals surface area contributed by atoms with E-state index in [1.165, 1.54) is 21.3 Å². The number of nitrogens with zero attached hydrogens (tertiary/aromatic N) is 3. The first kappa shape index (κ1) is 24.8. The molecule has 5 rings (SSSR count). The van der Waals surface area contributed by atoms with Crippen molar-refractivity contribution in [3.63, 3.8) is 0 Å². The Kier molecular flexibility index (Phi) is 6.36. The van der Waals surface area contributed by atoms with Crippen molar-refractivity contribution in [1.29, 1.82) is 0 Å². The van der Waals surface area contributed by atoms with Gasteiger partial charge in [-0.2, -0.15) is 0 Å². The molecule has 0 bridgehead atoms. The molecule has 37 heavy (non-hydrogen) atoms. The van der Waals surface area contributed by atoms with Crippen molar-refractivity contribution in [3.8, 4) is 11.1 Å². The minimum atomic E-state index is -3.29. The van der Waals surface area contributed by atoms with Gasteiger partial charge in [0.05, 0.1) is 35.3 Å². The molecule has 0 spiro atoms. The van der Waals surface area contributed by atoms with E-state index in [1.807, 2.05) is 6.07 Å². The van der Waals surface area contributed by atoms with Gasteiger partial charge in [-0.3, -0.25) is 14.0 Å². The minimum absolute atomic E-state index is 0.0553. The fourth-order valence-electron chi connectivity index (χ4n) is 4.98. The largest absolute Gasteiger partial charge is 0.465 e. The number of fused-ring (bicyclic) bond motifs is 1. The summed E-state index contributed by atoms with van der Waals surface area (Å²) in [6.07, 6.45) is -0.473. The molecular weight excluding hydrogens is 497 g/mol. The number of carbonyl (C=O) groups excluding carboxylic acids is 1. The van der Waals surface area contributed by atoms with Crippen molar-refractivity contribution < 1.29 is 27.5 Å². The highest BCUT2D eigenvalue weighted by atomic mass is 32.2. The van der Waals surface area contributed by atoms with E-state index < -0.39 is 22.2 Å². The van der Waals surface area contributed by atoms with Gasteiger partial charge in [0.15, 0.2) is 0 Å². The first-order valence-electron chi connectivity index (χ1n) is 12.0. The molecule has 0 aliphatic carbocycles. The third-order valence-electron chi connectivity index (χ3n) is 6.77.